The van der Waals surface area contributed by atoms with E-state index in [9.17, 15) is 9.59 Å². The van der Waals surface area contributed by atoms with Gasteiger partial charge in [0.1, 0.15) is 0 Å². The fourth-order valence-electron chi connectivity index (χ4n) is 3.19. The number of aryl methyl sites for hydroxylation is 1. The first-order valence-electron chi connectivity index (χ1n) is 7.83. The van der Waals surface area contributed by atoms with Gasteiger partial charge in [-0.25, -0.2) is 4.98 Å². The molecule has 1 saturated heterocycles. The fraction of sp³-hybridized carbons (Fsp3) is 0.500. The van der Waals surface area contributed by atoms with Gasteiger partial charge in [0, 0.05) is 24.7 Å². The first-order chi connectivity index (χ1) is 11.0. The molecule has 1 atom stereocenters. The number of hydrogen-bond donors (Lipinski definition) is 1. The van der Waals surface area contributed by atoms with Crippen LogP contribution in [-0.4, -0.2) is 45.1 Å². The van der Waals surface area contributed by atoms with Gasteiger partial charge in [-0.05, 0) is 32.3 Å². The number of nitrogens with zero attached hydrogens (tertiary/aromatic N) is 3. The van der Waals surface area contributed by atoms with Crippen molar-refractivity contribution in [2.75, 3.05) is 13.1 Å². The lowest BCUT2D eigenvalue weighted by Gasteiger charge is -2.16. The summed E-state index contributed by atoms with van der Waals surface area (Å²) in [4.78, 5) is 30.1. The standard InChI is InChI=1S/C16H17N3O4/c1-8-13-11(15(20)19-5-4-10(7-19)16(21)22)6-12(9-2-3-9)17-14(13)23-18-8/h6,9-10H,2-5,7H2,1H3,(H,21,22). The summed E-state index contributed by atoms with van der Waals surface area (Å²) in [7, 11) is 0. The Bertz CT molecular complexity index is 809. The average molecular weight is 315 g/mol. The summed E-state index contributed by atoms with van der Waals surface area (Å²) < 4.78 is 5.25. The zero-order chi connectivity index (χ0) is 16.1. The van der Waals surface area contributed by atoms with Crippen LogP contribution in [0.3, 0.4) is 0 Å². The highest BCUT2D eigenvalue weighted by molar-refractivity contribution is 6.06. The first-order valence-corrected chi connectivity index (χ1v) is 7.83. The highest BCUT2D eigenvalue weighted by Crippen LogP contribution is 2.40. The molecule has 2 aliphatic rings. The Morgan fingerprint density at radius 2 is 2.13 bits per heavy atom. The lowest BCUT2D eigenvalue weighted by Crippen LogP contribution is -2.30. The van der Waals surface area contributed by atoms with Gasteiger partial charge in [-0.3, -0.25) is 9.59 Å². The van der Waals surface area contributed by atoms with E-state index in [-0.39, 0.29) is 12.5 Å². The molecule has 1 aliphatic carbocycles. The number of aliphatic carboxylic acids is 1. The predicted molar refractivity (Wildman–Crippen MR) is 80.2 cm³/mol. The van der Waals surface area contributed by atoms with Gasteiger partial charge in [-0.1, -0.05) is 5.16 Å². The highest BCUT2D eigenvalue weighted by Gasteiger charge is 2.34. The number of carboxylic acid groups (broad SMARTS) is 1. The van der Waals surface area contributed by atoms with E-state index in [1.807, 2.05) is 6.07 Å². The van der Waals surface area contributed by atoms with Gasteiger partial charge in [0.2, 0.25) is 0 Å². The van der Waals surface area contributed by atoms with E-state index < -0.39 is 11.9 Å². The number of aromatic nitrogens is 2. The molecular formula is C16H17N3O4. The second-order valence-corrected chi connectivity index (χ2v) is 6.39. The molecule has 0 radical (unpaired) electrons. The maximum absolute atomic E-state index is 12.9. The second kappa shape index (κ2) is 5.04. The predicted octanol–water partition coefficient (Wildman–Crippen LogP) is 1.96. The molecule has 1 amide bonds. The normalized spacial score (nSPS) is 21.1. The van der Waals surface area contributed by atoms with Crippen LogP contribution in [0.15, 0.2) is 10.6 Å². The van der Waals surface area contributed by atoms with Crippen molar-refractivity contribution >= 4 is 23.0 Å². The highest BCUT2D eigenvalue weighted by atomic mass is 16.5. The molecule has 0 aromatic carbocycles. The number of fused-ring (bicyclic) bond motifs is 1. The minimum atomic E-state index is -0.847. The number of pyridine rings is 1. The molecule has 23 heavy (non-hydrogen) atoms. The Balaban J connectivity index is 1.73. The molecule has 0 bridgehead atoms. The van der Waals surface area contributed by atoms with Crippen molar-refractivity contribution in [1.29, 1.82) is 0 Å². The Kier molecular flexibility index (Phi) is 3.11. The van der Waals surface area contributed by atoms with Crippen molar-refractivity contribution in [3.63, 3.8) is 0 Å². The van der Waals surface area contributed by atoms with Crippen LogP contribution in [0, 0.1) is 12.8 Å². The fourth-order valence-corrected chi connectivity index (χ4v) is 3.19. The van der Waals surface area contributed by atoms with Gasteiger partial charge < -0.3 is 14.5 Å². The third-order valence-electron chi connectivity index (χ3n) is 4.69. The maximum Gasteiger partial charge on any atom is 0.308 e. The maximum atomic E-state index is 12.9. The molecule has 120 valence electrons. The minimum absolute atomic E-state index is 0.158. The Morgan fingerprint density at radius 3 is 2.78 bits per heavy atom. The quantitative estimate of drug-likeness (QED) is 0.930. The molecule has 2 fully saturated rings. The third-order valence-corrected chi connectivity index (χ3v) is 4.69. The number of hydrogen-bond acceptors (Lipinski definition) is 5. The summed E-state index contributed by atoms with van der Waals surface area (Å²) in [6.07, 6.45) is 2.64. The Morgan fingerprint density at radius 1 is 1.35 bits per heavy atom. The summed E-state index contributed by atoms with van der Waals surface area (Å²) in [5.74, 6) is -1.10. The summed E-state index contributed by atoms with van der Waals surface area (Å²) in [5.41, 5.74) is 2.42. The van der Waals surface area contributed by atoms with Gasteiger partial charge >= 0.3 is 5.97 Å². The van der Waals surface area contributed by atoms with Crippen molar-refractivity contribution in [3.8, 4) is 0 Å². The minimum Gasteiger partial charge on any atom is -0.481 e. The smallest absolute Gasteiger partial charge is 0.308 e. The second-order valence-electron chi connectivity index (χ2n) is 6.39. The first kappa shape index (κ1) is 14.2. The van der Waals surface area contributed by atoms with E-state index in [4.69, 9.17) is 9.63 Å². The van der Waals surface area contributed by atoms with Crippen LogP contribution in [0.1, 0.15) is 46.9 Å². The molecule has 3 heterocycles. The number of carboxylic acids is 1. The summed E-state index contributed by atoms with van der Waals surface area (Å²) in [5, 5.41) is 13.7. The molecule has 1 aliphatic heterocycles. The Hall–Kier alpha value is -2.44. The Labute approximate surface area is 132 Å². The largest absolute Gasteiger partial charge is 0.481 e. The van der Waals surface area contributed by atoms with Crippen LogP contribution in [-0.2, 0) is 4.79 Å². The molecule has 1 N–H and O–H groups in total. The number of carbonyl (C=O) groups excluding carboxylic acids is 1. The molecule has 1 unspecified atom stereocenters. The van der Waals surface area contributed by atoms with Crippen molar-refractivity contribution in [2.45, 2.75) is 32.1 Å². The van der Waals surface area contributed by atoms with Crippen molar-refractivity contribution < 1.29 is 19.2 Å². The van der Waals surface area contributed by atoms with E-state index in [0.717, 1.165) is 18.5 Å². The van der Waals surface area contributed by atoms with E-state index in [1.165, 1.54) is 0 Å². The van der Waals surface area contributed by atoms with E-state index in [1.54, 1.807) is 11.8 Å². The third kappa shape index (κ3) is 2.36. The van der Waals surface area contributed by atoms with Crippen LogP contribution in [0.4, 0.5) is 0 Å². The van der Waals surface area contributed by atoms with Crippen molar-refractivity contribution in [3.05, 3.63) is 23.0 Å². The average Bonchev–Trinajstić information content (AvgIpc) is 3.14. The molecule has 1 saturated carbocycles. The van der Waals surface area contributed by atoms with Crippen molar-refractivity contribution in [2.24, 2.45) is 5.92 Å². The molecule has 7 heteroatoms. The summed E-state index contributed by atoms with van der Waals surface area (Å²) >= 11 is 0. The topological polar surface area (TPSA) is 96.5 Å². The van der Waals surface area contributed by atoms with Crippen LogP contribution in [0.2, 0.25) is 0 Å². The molecule has 4 rings (SSSR count). The lowest BCUT2D eigenvalue weighted by molar-refractivity contribution is -0.141. The van der Waals surface area contributed by atoms with Gasteiger partial charge in [0.15, 0.2) is 0 Å². The van der Waals surface area contributed by atoms with E-state index in [0.29, 0.717) is 41.2 Å². The molecule has 0 spiro atoms. The van der Waals surface area contributed by atoms with Gasteiger partial charge in [-0.2, -0.15) is 0 Å². The molecule has 7 nitrogen and oxygen atoms in total. The summed E-state index contributed by atoms with van der Waals surface area (Å²) in [6, 6.07) is 1.83. The monoisotopic (exact) mass is 315 g/mol. The molecule has 2 aromatic heterocycles. The van der Waals surface area contributed by atoms with E-state index in [2.05, 4.69) is 10.1 Å². The zero-order valence-corrected chi connectivity index (χ0v) is 12.8. The van der Waals surface area contributed by atoms with Gasteiger partial charge in [0.25, 0.3) is 11.6 Å². The number of carbonyl (C=O) groups is 2. The van der Waals surface area contributed by atoms with Crippen LogP contribution < -0.4 is 0 Å². The lowest BCUT2D eigenvalue weighted by atomic mass is 10.1. The van der Waals surface area contributed by atoms with Gasteiger partial charge in [0.05, 0.1) is 22.6 Å². The van der Waals surface area contributed by atoms with Crippen LogP contribution in [0.5, 0.6) is 0 Å². The van der Waals surface area contributed by atoms with Gasteiger partial charge in [-0.15, -0.1) is 0 Å². The molecule has 2 aromatic rings. The van der Waals surface area contributed by atoms with Crippen LogP contribution >= 0.6 is 0 Å². The number of rotatable bonds is 3. The van der Waals surface area contributed by atoms with E-state index >= 15 is 0 Å². The van der Waals surface area contributed by atoms with Crippen LogP contribution in [0.25, 0.3) is 11.1 Å². The molecular weight excluding hydrogens is 298 g/mol. The zero-order valence-electron chi connectivity index (χ0n) is 12.8. The SMILES string of the molecule is Cc1noc2nc(C3CC3)cc(C(=O)N3CCC(C(=O)O)C3)c12. The number of likely N-dealkylation sites (tertiary alicyclic amines) is 1. The summed E-state index contributed by atoms with van der Waals surface area (Å²) in [6.45, 7) is 2.49. The van der Waals surface area contributed by atoms with Crippen molar-refractivity contribution in [1.82, 2.24) is 15.0 Å². The number of amides is 1.